The lowest BCUT2D eigenvalue weighted by Gasteiger charge is -2.06. The molecule has 15 heavy (non-hydrogen) atoms. The molecule has 0 radical (unpaired) electrons. The van der Waals surface area contributed by atoms with E-state index in [1.807, 2.05) is 6.92 Å². The number of aromatic nitrogens is 4. The van der Waals surface area contributed by atoms with Crippen LogP contribution in [-0.2, 0) is 6.42 Å². The second kappa shape index (κ2) is 4.13. The van der Waals surface area contributed by atoms with Crippen molar-refractivity contribution in [2.24, 2.45) is 0 Å². The fourth-order valence-electron chi connectivity index (χ4n) is 1.54. The van der Waals surface area contributed by atoms with E-state index in [9.17, 15) is 0 Å². The van der Waals surface area contributed by atoms with Crippen molar-refractivity contribution in [3.8, 4) is 11.5 Å². The molecule has 2 heterocycles. The Hall–Kier alpha value is -1.84. The standard InChI is InChI=1S/C11H12N4/c1-3-9-8(2)14-7-15-10(9)11-12-5-4-6-13-11/h4-7H,3H2,1-2H3. The molecule has 0 amide bonds. The van der Waals surface area contributed by atoms with Crippen LogP contribution in [0.4, 0.5) is 0 Å². The molecule has 0 aromatic carbocycles. The smallest absolute Gasteiger partial charge is 0.178 e. The lowest BCUT2D eigenvalue weighted by Crippen LogP contribution is -2.00. The molecule has 76 valence electrons. The van der Waals surface area contributed by atoms with Crippen LogP contribution in [0.1, 0.15) is 18.2 Å². The number of aryl methyl sites for hydroxylation is 1. The Kier molecular flexibility index (Phi) is 2.67. The molecule has 0 aliphatic carbocycles. The van der Waals surface area contributed by atoms with Gasteiger partial charge in [-0.2, -0.15) is 0 Å². The van der Waals surface area contributed by atoms with Gasteiger partial charge in [0.2, 0.25) is 0 Å². The molecule has 0 saturated heterocycles. The molecule has 0 atom stereocenters. The second-order valence-corrected chi connectivity index (χ2v) is 3.21. The van der Waals surface area contributed by atoms with E-state index in [0.717, 1.165) is 23.4 Å². The molecule has 0 bridgehead atoms. The molecule has 0 aliphatic heterocycles. The van der Waals surface area contributed by atoms with Gasteiger partial charge in [0.05, 0.1) is 0 Å². The van der Waals surface area contributed by atoms with Gasteiger partial charge in [-0.05, 0) is 19.4 Å². The Balaban J connectivity index is 2.58. The van der Waals surface area contributed by atoms with Gasteiger partial charge in [-0.3, -0.25) is 0 Å². The largest absolute Gasteiger partial charge is 0.241 e. The molecule has 4 heteroatoms. The molecule has 0 N–H and O–H groups in total. The predicted molar refractivity (Wildman–Crippen MR) is 57.2 cm³/mol. The van der Waals surface area contributed by atoms with Gasteiger partial charge < -0.3 is 0 Å². The van der Waals surface area contributed by atoms with Crippen LogP contribution < -0.4 is 0 Å². The third kappa shape index (κ3) is 1.83. The Bertz CT molecular complexity index is 453. The van der Waals surface area contributed by atoms with E-state index in [4.69, 9.17) is 0 Å². The summed E-state index contributed by atoms with van der Waals surface area (Å²) in [5, 5.41) is 0. The van der Waals surface area contributed by atoms with E-state index in [2.05, 4.69) is 26.9 Å². The summed E-state index contributed by atoms with van der Waals surface area (Å²) >= 11 is 0. The molecule has 2 rings (SSSR count). The molecule has 4 nitrogen and oxygen atoms in total. The van der Waals surface area contributed by atoms with Crippen molar-refractivity contribution in [2.75, 3.05) is 0 Å². The summed E-state index contributed by atoms with van der Waals surface area (Å²) in [6.07, 6.45) is 5.89. The van der Waals surface area contributed by atoms with Gasteiger partial charge in [-0.1, -0.05) is 6.92 Å². The first kappa shape index (κ1) is 9.71. The van der Waals surface area contributed by atoms with Gasteiger partial charge in [-0.25, -0.2) is 19.9 Å². The number of hydrogen-bond donors (Lipinski definition) is 0. The topological polar surface area (TPSA) is 51.6 Å². The highest BCUT2D eigenvalue weighted by Crippen LogP contribution is 2.18. The summed E-state index contributed by atoms with van der Waals surface area (Å²) in [7, 11) is 0. The zero-order chi connectivity index (χ0) is 10.7. The van der Waals surface area contributed by atoms with Crippen LogP contribution >= 0.6 is 0 Å². The highest BCUT2D eigenvalue weighted by Gasteiger charge is 2.10. The fraction of sp³-hybridized carbons (Fsp3) is 0.273. The molecule has 0 aliphatic rings. The van der Waals surface area contributed by atoms with Crippen molar-refractivity contribution < 1.29 is 0 Å². The molecular formula is C11H12N4. The fourth-order valence-corrected chi connectivity index (χ4v) is 1.54. The van der Waals surface area contributed by atoms with Crippen molar-refractivity contribution in [1.29, 1.82) is 0 Å². The van der Waals surface area contributed by atoms with E-state index in [1.54, 1.807) is 24.8 Å². The first-order valence-corrected chi connectivity index (χ1v) is 4.90. The maximum absolute atomic E-state index is 4.24. The van der Waals surface area contributed by atoms with Gasteiger partial charge >= 0.3 is 0 Å². The van der Waals surface area contributed by atoms with Crippen molar-refractivity contribution in [3.05, 3.63) is 36.0 Å². The van der Waals surface area contributed by atoms with E-state index < -0.39 is 0 Å². The highest BCUT2D eigenvalue weighted by molar-refractivity contribution is 5.55. The molecule has 0 fully saturated rings. The zero-order valence-corrected chi connectivity index (χ0v) is 8.81. The molecule has 0 spiro atoms. The monoisotopic (exact) mass is 200 g/mol. The molecule has 0 saturated carbocycles. The quantitative estimate of drug-likeness (QED) is 0.741. The zero-order valence-electron chi connectivity index (χ0n) is 8.81. The van der Waals surface area contributed by atoms with Crippen molar-refractivity contribution in [2.45, 2.75) is 20.3 Å². The minimum absolute atomic E-state index is 0.667. The summed E-state index contributed by atoms with van der Waals surface area (Å²) in [6, 6.07) is 1.79. The van der Waals surface area contributed by atoms with Crippen LogP contribution in [0.15, 0.2) is 24.8 Å². The minimum Gasteiger partial charge on any atom is -0.241 e. The lowest BCUT2D eigenvalue weighted by atomic mass is 10.1. The van der Waals surface area contributed by atoms with Crippen LogP contribution in [0, 0.1) is 6.92 Å². The number of rotatable bonds is 2. The van der Waals surface area contributed by atoms with Gasteiger partial charge in [0.15, 0.2) is 5.82 Å². The van der Waals surface area contributed by atoms with Gasteiger partial charge in [0.1, 0.15) is 12.0 Å². The van der Waals surface area contributed by atoms with Gasteiger partial charge in [0, 0.05) is 23.7 Å². The lowest BCUT2D eigenvalue weighted by molar-refractivity contribution is 0.982. The van der Waals surface area contributed by atoms with Crippen molar-refractivity contribution in [1.82, 2.24) is 19.9 Å². The number of hydrogen-bond acceptors (Lipinski definition) is 4. The molecule has 2 aromatic rings. The van der Waals surface area contributed by atoms with Crippen LogP contribution in [0.5, 0.6) is 0 Å². The van der Waals surface area contributed by atoms with Gasteiger partial charge in [0.25, 0.3) is 0 Å². The second-order valence-electron chi connectivity index (χ2n) is 3.21. The Morgan fingerprint density at radius 2 is 1.80 bits per heavy atom. The van der Waals surface area contributed by atoms with E-state index in [0.29, 0.717) is 5.82 Å². The summed E-state index contributed by atoms with van der Waals surface area (Å²) in [6.45, 7) is 4.06. The minimum atomic E-state index is 0.667. The van der Waals surface area contributed by atoms with E-state index >= 15 is 0 Å². The maximum Gasteiger partial charge on any atom is 0.178 e. The predicted octanol–water partition coefficient (Wildman–Crippen LogP) is 1.80. The molecule has 2 aromatic heterocycles. The van der Waals surface area contributed by atoms with E-state index in [1.165, 1.54) is 0 Å². The van der Waals surface area contributed by atoms with Crippen LogP contribution in [0.25, 0.3) is 11.5 Å². The van der Waals surface area contributed by atoms with Crippen molar-refractivity contribution in [3.63, 3.8) is 0 Å². The average Bonchev–Trinajstić information content (AvgIpc) is 2.30. The SMILES string of the molecule is CCc1c(C)ncnc1-c1ncccn1. The third-order valence-corrected chi connectivity index (χ3v) is 2.29. The van der Waals surface area contributed by atoms with Crippen LogP contribution in [0.3, 0.4) is 0 Å². The summed E-state index contributed by atoms with van der Waals surface area (Å²) < 4.78 is 0. The summed E-state index contributed by atoms with van der Waals surface area (Å²) in [4.78, 5) is 16.8. The first-order valence-electron chi connectivity index (χ1n) is 4.90. The number of nitrogens with zero attached hydrogens (tertiary/aromatic N) is 4. The normalized spacial score (nSPS) is 10.3. The summed E-state index contributed by atoms with van der Waals surface area (Å²) in [5.74, 6) is 0.667. The van der Waals surface area contributed by atoms with Gasteiger partial charge in [-0.15, -0.1) is 0 Å². The first-order chi connectivity index (χ1) is 7.33. The Labute approximate surface area is 88.5 Å². The van der Waals surface area contributed by atoms with E-state index in [-0.39, 0.29) is 0 Å². The Morgan fingerprint density at radius 1 is 1.07 bits per heavy atom. The summed E-state index contributed by atoms with van der Waals surface area (Å²) in [5.41, 5.74) is 2.95. The third-order valence-electron chi connectivity index (χ3n) is 2.29. The highest BCUT2D eigenvalue weighted by atomic mass is 14.9. The van der Waals surface area contributed by atoms with Crippen LogP contribution in [0.2, 0.25) is 0 Å². The van der Waals surface area contributed by atoms with Crippen LogP contribution in [-0.4, -0.2) is 19.9 Å². The Morgan fingerprint density at radius 3 is 2.47 bits per heavy atom. The molecular weight excluding hydrogens is 188 g/mol. The molecule has 0 unspecified atom stereocenters. The maximum atomic E-state index is 4.24. The average molecular weight is 200 g/mol. The van der Waals surface area contributed by atoms with Crippen molar-refractivity contribution >= 4 is 0 Å².